The number of hydrogen-bond donors (Lipinski definition) is 1. The number of halogens is 3. The summed E-state index contributed by atoms with van der Waals surface area (Å²) in [6.07, 6.45) is -2.81. The molecule has 0 unspecified atom stereocenters. The zero-order chi connectivity index (χ0) is 16.4. The number of tetrazole rings is 1. The van der Waals surface area contributed by atoms with E-state index in [0.717, 1.165) is 23.0 Å². The molecule has 5 nitrogen and oxygen atoms in total. The van der Waals surface area contributed by atoms with E-state index in [-0.39, 0.29) is 0 Å². The molecule has 0 atom stereocenters. The maximum absolute atomic E-state index is 12.6. The van der Waals surface area contributed by atoms with E-state index >= 15 is 0 Å². The van der Waals surface area contributed by atoms with Crippen molar-refractivity contribution in [1.29, 1.82) is 0 Å². The number of anilines is 1. The Morgan fingerprint density at radius 3 is 2.78 bits per heavy atom. The number of benzene rings is 1. The molecule has 0 fully saturated rings. The van der Waals surface area contributed by atoms with Gasteiger partial charge in [0.05, 0.1) is 5.69 Å². The van der Waals surface area contributed by atoms with Gasteiger partial charge in [-0.2, -0.15) is 13.2 Å². The molecule has 3 rings (SSSR count). The smallest absolute Gasteiger partial charge is 0.381 e. The Labute approximate surface area is 133 Å². The first-order chi connectivity index (χ1) is 10.9. The molecule has 0 aliphatic carbocycles. The van der Waals surface area contributed by atoms with Crippen molar-refractivity contribution in [1.82, 2.24) is 20.2 Å². The summed E-state index contributed by atoms with van der Waals surface area (Å²) in [7, 11) is 0. The second kappa shape index (κ2) is 5.99. The fraction of sp³-hybridized carbons (Fsp3) is 0.214. The van der Waals surface area contributed by atoms with E-state index in [9.17, 15) is 13.2 Å². The largest absolute Gasteiger partial charge is 0.425 e. The Kier molecular flexibility index (Phi) is 4.03. The highest BCUT2D eigenvalue weighted by Crippen LogP contribution is 2.34. The molecule has 1 aromatic carbocycles. The number of thiophene rings is 1. The van der Waals surface area contributed by atoms with Gasteiger partial charge < -0.3 is 5.32 Å². The SMILES string of the molecule is Cc1c(NCc2csc(C(F)(F)F)c2)cccc1-n1cnnn1. The van der Waals surface area contributed by atoms with Gasteiger partial charge in [0, 0.05) is 12.2 Å². The number of hydrogen-bond acceptors (Lipinski definition) is 5. The summed E-state index contributed by atoms with van der Waals surface area (Å²) in [4.78, 5) is -0.589. The molecule has 0 aliphatic rings. The molecule has 9 heteroatoms. The van der Waals surface area contributed by atoms with Crippen LogP contribution in [0.15, 0.2) is 36.0 Å². The number of nitrogens with zero attached hydrogens (tertiary/aromatic N) is 4. The van der Waals surface area contributed by atoms with Crippen LogP contribution in [0, 0.1) is 6.92 Å². The van der Waals surface area contributed by atoms with E-state index in [1.54, 1.807) is 0 Å². The van der Waals surface area contributed by atoms with Crippen molar-refractivity contribution in [3.05, 3.63) is 52.0 Å². The third-order valence-electron chi connectivity index (χ3n) is 3.32. The molecule has 0 saturated heterocycles. The first-order valence-electron chi connectivity index (χ1n) is 6.66. The average Bonchev–Trinajstić information content (AvgIpc) is 3.17. The maximum atomic E-state index is 12.6. The van der Waals surface area contributed by atoms with Crippen molar-refractivity contribution < 1.29 is 13.2 Å². The standard InChI is InChI=1S/C14H12F3N5S/c1-9-11(3-2-4-12(9)22-8-19-20-21-22)18-6-10-5-13(23-7-10)14(15,16)17/h2-5,7-8,18H,6H2,1H3. The zero-order valence-corrected chi connectivity index (χ0v) is 12.8. The third kappa shape index (κ3) is 3.34. The van der Waals surface area contributed by atoms with Gasteiger partial charge in [0.25, 0.3) is 0 Å². The lowest BCUT2D eigenvalue weighted by Crippen LogP contribution is -2.05. The maximum Gasteiger partial charge on any atom is 0.425 e. The summed E-state index contributed by atoms with van der Waals surface area (Å²) in [6, 6.07) is 6.72. The lowest BCUT2D eigenvalue weighted by molar-refractivity contribution is -0.134. The van der Waals surface area contributed by atoms with Crippen molar-refractivity contribution in [3.8, 4) is 5.69 Å². The van der Waals surface area contributed by atoms with E-state index in [2.05, 4.69) is 20.8 Å². The molecular formula is C14H12F3N5S. The van der Waals surface area contributed by atoms with Gasteiger partial charge in [-0.05, 0) is 52.1 Å². The van der Waals surface area contributed by atoms with Crippen LogP contribution in [0.5, 0.6) is 0 Å². The molecular weight excluding hydrogens is 327 g/mol. The molecule has 0 radical (unpaired) electrons. The van der Waals surface area contributed by atoms with Crippen LogP contribution in [0.25, 0.3) is 5.69 Å². The Balaban J connectivity index is 1.76. The van der Waals surface area contributed by atoms with Gasteiger partial charge in [0.2, 0.25) is 0 Å². The summed E-state index contributed by atoms with van der Waals surface area (Å²) in [5, 5.41) is 15.7. The van der Waals surface area contributed by atoms with Crippen LogP contribution in [0.2, 0.25) is 0 Å². The molecule has 0 amide bonds. The molecule has 2 aromatic heterocycles. The van der Waals surface area contributed by atoms with Crippen LogP contribution >= 0.6 is 11.3 Å². The summed E-state index contributed by atoms with van der Waals surface area (Å²) < 4.78 is 39.4. The molecule has 2 heterocycles. The number of rotatable bonds is 4. The predicted octanol–water partition coefficient (Wildman–Crippen LogP) is 3.66. The van der Waals surface area contributed by atoms with Gasteiger partial charge in [-0.25, -0.2) is 4.68 Å². The third-order valence-corrected chi connectivity index (χ3v) is 4.34. The van der Waals surface area contributed by atoms with Crippen LogP contribution < -0.4 is 5.32 Å². The molecule has 23 heavy (non-hydrogen) atoms. The molecule has 0 spiro atoms. The lowest BCUT2D eigenvalue weighted by Gasteiger charge is -2.12. The Morgan fingerprint density at radius 2 is 2.13 bits per heavy atom. The van der Waals surface area contributed by atoms with E-state index in [1.165, 1.54) is 16.4 Å². The van der Waals surface area contributed by atoms with E-state index in [0.29, 0.717) is 23.4 Å². The van der Waals surface area contributed by atoms with E-state index in [1.807, 2.05) is 25.1 Å². The number of alkyl halides is 3. The van der Waals surface area contributed by atoms with Crippen molar-refractivity contribution in [3.63, 3.8) is 0 Å². The number of aromatic nitrogens is 4. The van der Waals surface area contributed by atoms with Crippen LogP contribution in [0.4, 0.5) is 18.9 Å². The molecule has 120 valence electrons. The fourth-order valence-electron chi connectivity index (χ4n) is 2.15. The molecule has 0 bridgehead atoms. The molecule has 3 aromatic rings. The Bertz CT molecular complexity index is 795. The summed E-state index contributed by atoms with van der Waals surface area (Å²) in [5.41, 5.74) is 3.12. The predicted molar refractivity (Wildman–Crippen MR) is 80.5 cm³/mol. The normalized spacial score (nSPS) is 11.7. The first-order valence-corrected chi connectivity index (χ1v) is 7.54. The highest BCUT2D eigenvalue weighted by atomic mass is 32.1. The van der Waals surface area contributed by atoms with Gasteiger partial charge in [-0.1, -0.05) is 6.07 Å². The summed E-state index contributed by atoms with van der Waals surface area (Å²) in [5.74, 6) is 0. The molecule has 0 saturated carbocycles. The number of nitrogens with one attached hydrogen (secondary N) is 1. The fourth-order valence-corrected chi connectivity index (χ4v) is 2.93. The van der Waals surface area contributed by atoms with Crippen molar-refractivity contribution >= 4 is 17.0 Å². The minimum atomic E-state index is -4.29. The van der Waals surface area contributed by atoms with E-state index < -0.39 is 11.1 Å². The lowest BCUT2D eigenvalue weighted by atomic mass is 10.1. The molecule has 0 aliphatic heterocycles. The Morgan fingerprint density at radius 1 is 1.30 bits per heavy atom. The highest BCUT2D eigenvalue weighted by molar-refractivity contribution is 7.10. The van der Waals surface area contributed by atoms with Gasteiger partial charge in [0.1, 0.15) is 11.2 Å². The van der Waals surface area contributed by atoms with Gasteiger partial charge in [-0.15, -0.1) is 16.4 Å². The quantitative estimate of drug-likeness (QED) is 0.788. The zero-order valence-electron chi connectivity index (χ0n) is 12.0. The average molecular weight is 339 g/mol. The summed E-state index contributed by atoms with van der Waals surface area (Å²) in [6.45, 7) is 2.21. The van der Waals surface area contributed by atoms with E-state index in [4.69, 9.17) is 0 Å². The second-order valence-corrected chi connectivity index (χ2v) is 5.79. The van der Waals surface area contributed by atoms with Crippen molar-refractivity contribution in [2.75, 3.05) is 5.32 Å². The second-order valence-electron chi connectivity index (χ2n) is 4.87. The topological polar surface area (TPSA) is 55.6 Å². The minimum absolute atomic E-state index is 0.312. The van der Waals surface area contributed by atoms with Crippen molar-refractivity contribution in [2.24, 2.45) is 0 Å². The summed E-state index contributed by atoms with van der Waals surface area (Å²) >= 11 is 0.701. The minimum Gasteiger partial charge on any atom is -0.381 e. The monoisotopic (exact) mass is 339 g/mol. The van der Waals surface area contributed by atoms with Gasteiger partial charge in [-0.3, -0.25) is 0 Å². The first kappa shape index (κ1) is 15.5. The van der Waals surface area contributed by atoms with Gasteiger partial charge >= 0.3 is 6.18 Å². The van der Waals surface area contributed by atoms with Crippen LogP contribution in [0.3, 0.4) is 0 Å². The molecule has 1 N–H and O–H groups in total. The van der Waals surface area contributed by atoms with Crippen LogP contribution in [-0.2, 0) is 12.7 Å². The highest BCUT2D eigenvalue weighted by Gasteiger charge is 2.32. The van der Waals surface area contributed by atoms with Gasteiger partial charge in [0.15, 0.2) is 0 Å². The Hall–Kier alpha value is -2.42. The van der Waals surface area contributed by atoms with Crippen LogP contribution in [0.1, 0.15) is 16.0 Å². The van der Waals surface area contributed by atoms with Crippen molar-refractivity contribution in [2.45, 2.75) is 19.6 Å². The van der Waals surface area contributed by atoms with Crippen LogP contribution in [-0.4, -0.2) is 20.2 Å².